The minimum Gasteiger partial charge on any atom is -0.494 e. The maximum absolute atomic E-state index is 5.83. The third-order valence-corrected chi connectivity index (χ3v) is 3.47. The van der Waals surface area contributed by atoms with E-state index in [4.69, 9.17) is 9.47 Å². The highest BCUT2D eigenvalue weighted by Gasteiger charge is 2.21. The van der Waals surface area contributed by atoms with Gasteiger partial charge in [0.15, 0.2) is 0 Å². The quantitative estimate of drug-likeness (QED) is 0.738. The van der Waals surface area contributed by atoms with E-state index in [-0.39, 0.29) is 0 Å². The molecule has 4 nitrogen and oxygen atoms in total. The first kappa shape index (κ1) is 13.9. The summed E-state index contributed by atoms with van der Waals surface area (Å²) < 4.78 is 11.2. The first-order chi connectivity index (χ1) is 9.20. The van der Waals surface area contributed by atoms with Crippen LogP contribution in [-0.2, 0) is 4.74 Å². The van der Waals surface area contributed by atoms with Crippen LogP contribution in [0.5, 0.6) is 5.75 Å². The molecule has 1 atom stereocenters. The van der Waals surface area contributed by atoms with Gasteiger partial charge in [-0.3, -0.25) is 4.98 Å². The molecule has 4 heteroatoms. The Kier molecular flexibility index (Phi) is 4.80. The Balaban J connectivity index is 1.93. The second-order valence-electron chi connectivity index (χ2n) is 4.85. The Labute approximate surface area is 115 Å². The number of likely N-dealkylation sites (tertiary alicyclic amines) is 1. The SMILES string of the molecule is C=C(OCC)c1cncc(OC[C@@H]2CCCN2C)c1. The Morgan fingerprint density at radius 1 is 1.53 bits per heavy atom. The number of nitrogens with zero attached hydrogens (tertiary/aromatic N) is 2. The van der Waals surface area contributed by atoms with Crippen LogP contribution in [0.2, 0.25) is 0 Å². The van der Waals surface area contributed by atoms with Crippen molar-refractivity contribution in [2.24, 2.45) is 0 Å². The minimum atomic E-state index is 0.513. The predicted molar refractivity (Wildman–Crippen MR) is 76.0 cm³/mol. The van der Waals surface area contributed by atoms with Crippen molar-refractivity contribution < 1.29 is 9.47 Å². The Morgan fingerprint density at radius 3 is 3.05 bits per heavy atom. The molecule has 1 fully saturated rings. The van der Waals surface area contributed by atoms with Crippen LogP contribution in [0.25, 0.3) is 5.76 Å². The third-order valence-electron chi connectivity index (χ3n) is 3.47. The molecule has 0 amide bonds. The zero-order valence-electron chi connectivity index (χ0n) is 11.8. The van der Waals surface area contributed by atoms with Crippen molar-refractivity contribution in [3.63, 3.8) is 0 Å². The highest BCUT2D eigenvalue weighted by atomic mass is 16.5. The molecule has 0 unspecified atom stereocenters. The maximum atomic E-state index is 5.83. The molecule has 1 saturated heterocycles. The predicted octanol–water partition coefficient (Wildman–Crippen LogP) is 2.56. The average molecular weight is 262 g/mol. The van der Waals surface area contributed by atoms with Gasteiger partial charge in [0.25, 0.3) is 0 Å². The summed E-state index contributed by atoms with van der Waals surface area (Å²) >= 11 is 0. The lowest BCUT2D eigenvalue weighted by atomic mass is 10.2. The number of ether oxygens (including phenoxy) is 2. The normalized spacial score (nSPS) is 19.4. The molecule has 0 aromatic carbocycles. The van der Waals surface area contributed by atoms with Crippen molar-refractivity contribution in [3.05, 3.63) is 30.6 Å². The number of pyridine rings is 1. The molecule has 0 bridgehead atoms. The lowest BCUT2D eigenvalue weighted by Crippen LogP contribution is -2.30. The molecule has 0 aliphatic carbocycles. The topological polar surface area (TPSA) is 34.6 Å². The Morgan fingerprint density at radius 2 is 2.37 bits per heavy atom. The van der Waals surface area contributed by atoms with Crippen LogP contribution in [0.4, 0.5) is 0 Å². The first-order valence-corrected chi connectivity index (χ1v) is 6.81. The first-order valence-electron chi connectivity index (χ1n) is 6.81. The number of rotatable bonds is 6. The number of likely N-dealkylation sites (N-methyl/N-ethyl adjacent to an activating group) is 1. The molecule has 1 aromatic rings. The average Bonchev–Trinajstić information content (AvgIpc) is 2.82. The van der Waals surface area contributed by atoms with Crippen LogP contribution >= 0.6 is 0 Å². The highest BCUT2D eigenvalue weighted by molar-refractivity contribution is 5.57. The van der Waals surface area contributed by atoms with Crippen molar-refractivity contribution in [1.29, 1.82) is 0 Å². The largest absolute Gasteiger partial charge is 0.494 e. The van der Waals surface area contributed by atoms with Gasteiger partial charge in [-0.25, -0.2) is 0 Å². The molecule has 1 aliphatic rings. The second kappa shape index (κ2) is 6.57. The van der Waals surface area contributed by atoms with E-state index in [9.17, 15) is 0 Å². The molecule has 0 saturated carbocycles. The van der Waals surface area contributed by atoms with Gasteiger partial charge >= 0.3 is 0 Å². The van der Waals surface area contributed by atoms with E-state index >= 15 is 0 Å². The summed E-state index contributed by atoms with van der Waals surface area (Å²) in [5, 5.41) is 0. The van der Waals surface area contributed by atoms with Crippen LogP contribution in [0.3, 0.4) is 0 Å². The van der Waals surface area contributed by atoms with Crippen LogP contribution < -0.4 is 4.74 Å². The molecule has 2 rings (SSSR count). The summed E-state index contributed by atoms with van der Waals surface area (Å²) in [6, 6.07) is 2.44. The van der Waals surface area contributed by atoms with Gasteiger partial charge < -0.3 is 14.4 Å². The smallest absolute Gasteiger partial charge is 0.138 e. The van der Waals surface area contributed by atoms with E-state index in [1.54, 1.807) is 12.4 Å². The molecule has 1 aliphatic heterocycles. The zero-order valence-corrected chi connectivity index (χ0v) is 11.8. The summed E-state index contributed by atoms with van der Waals surface area (Å²) in [7, 11) is 2.15. The van der Waals surface area contributed by atoms with E-state index in [0.717, 1.165) is 17.9 Å². The van der Waals surface area contributed by atoms with Crippen molar-refractivity contribution in [1.82, 2.24) is 9.88 Å². The molecule has 0 N–H and O–H groups in total. The molecular formula is C15H22N2O2. The highest BCUT2D eigenvalue weighted by Crippen LogP contribution is 2.20. The van der Waals surface area contributed by atoms with E-state index < -0.39 is 0 Å². The fraction of sp³-hybridized carbons (Fsp3) is 0.533. The lowest BCUT2D eigenvalue weighted by molar-refractivity contribution is 0.197. The zero-order chi connectivity index (χ0) is 13.7. The number of hydrogen-bond acceptors (Lipinski definition) is 4. The van der Waals surface area contributed by atoms with Gasteiger partial charge in [-0.05, 0) is 39.4 Å². The van der Waals surface area contributed by atoms with Gasteiger partial charge in [-0.2, -0.15) is 0 Å². The molecule has 104 valence electrons. The van der Waals surface area contributed by atoms with E-state index in [0.29, 0.717) is 25.0 Å². The summed E-state index contributed by atoms with van der Waals surface area (Å²) in [6.07, 6.45) is 5.93. The van der Waals surface area contributed by atoms with Crippen molar-refractivity contribution >= 4 is 5.76 Å². The fourth-order valence-electron chi connectivity index (χ4n) is 2.29. The van der Waals surface area contributed by atoms with Gasteiger partial charge in [0.1, 0.15) is 18.1 Å². The van der Waals surface area contributed by atoms with Gasteiger partial charge in [0.2, 0.25) is 0 Å². The minimum absolute atomic E-state index is 0.513. The Hall–Kier alpha value is -1.55. The van der Waals surface area contributed by atoms with E-state index in [2.05, 4.69) is 23.5 Å². The summed E-state index contributed by atoms with van der Waals surface area (Å²) in [6.45, 7) is 8.30. The summed E-state index contributed by atoms with van der Waals surface area (Å²) in [5.74, 6) is 1.41. The lowest BCUT2D eigenvalue weighted by Gasteiger charge is -2.19. The molecule has 0 radical (unpaired) electrons. The van der Waals surface area contributed by atoms with Crippen LogP contribution in [0.1, 0.15) is 25.3 Å². The third kappa shape index (κ3) is 3.70. The summed E-state index contributed by atoms with van der Waals surface area (Å²) in [5.41, 5.74) is 0.874. The van der Waals surface area contributed by atoms with Gasteiger partial charge in [0, 0.05) is 17.8 Å². The van der Waals surface area contributed by atoms with Crippen molar-refractivity contribution in [2.75, 3.05) is 26.8 Å². The standard InChI is InChI=1S/C15H22N2O2/c1-4-18-12(2)13-8-15(10-16-9-13)19-11-14-6-5-7-17(14)3/h8-10,14H,2,4-7,11H2,1,3H3/t14-/m0/s1. The van der Waals surface area contributed by atoms with Gasteiger partial charge in [0.05, 0.1) is 12.8 Å². The van der Waals surface area contributed by atoms with E-state index in [1.807, 2.05) is 13.0 Å². The molecule has 0 spiro atoms. The van der Waals surface area contributed by atoms with Crippen molar-refractivity contribution in [2.45, 2.75) is 25.8 Å². The second-order valence-corrected chi connectivity index (χ2v) is 4.85. The fourth-order valence-corrected chi connectivity index (χ4v) is 2.29. The molecular weight excluding hydrogens is 240 g/mol. The van der Waals surface area contributed by atoms with Crippen LogP contribution in [-0.4, -0.2) is 42.7 Å². The van der Waals surface area contributed by atoms with Gasteiger partial charge in [-0.15, -0.1) is 0 Å². The Bertz CT molecular complexity index is 434. The monoisotopic (exact) mass is 262 g/mol. The number of aromatic nitrogens is 1. The summed E-state index contributed by atoms with van der Waals surface area (Å²) in [4.78, 5) is 6.52. The maximum Gasteiger partial charge on any atom is 0.138 e. The van der Waals surface area contributed by atoms with E-state index in [1.165, 1.54) is 12.8 Å². The van der Waals surface area contributed by atoms with Crippen molar-refractivity contribution in [3.8, 4) is 5.75 Å². The van der Waals surface area contributed by atoms with Gasteiger partial charge in [-0.1, -0.05) is 6.58 Å². The van der Waals surface area contributed by atoms with Crippen LogP contribution in [0.15, 0.2) is 25.0 Å². The van der Waals surface area contributed by atoms with Crippen LogP contribution in [0, 0.1) is 0 Å². The molecule has 19 heavy (non-hydrogen) atoms. The number of hydrogen-bond donors (Lipinski definition) is 0. The molecule has 1 aromatic heterocycles. The molecule has 2 heterocycles.